The smallest absolute Gasteiger partial charge is 0.406 e. The molecule has 0 saturated heterocycles. The molecule has 0 aliphatic carbocycles. The van der Waals surface area contributed by atoms with Crippen molar-refractivity contribution in [1.82, 2.24) is 10.3 Å². The highest BCUT2D eigenvalue weighted by Crippen LogP contribution is 2.26. The number of nitrogens with zero attached hydrogens (tertiary/aromatic N) is 1. The van der Waals surface area contributed by atoms with Crippen LogP contribution in [0.25, 0.3) is 0 Å². The SMILES string of the molecule is O=C(NCCCc1ccccc1)c1csc(Nc2ccc(OC(F)(F)F)cc2)n1. The van der Waals surface area contributed by atoms with Crippen LogP contribution in [0.15, 0.2) is 60.0 Å². The zero-order chi connectivity index (χ0) is 20.7. The second kappa shape index (κ2) is 9.42. The lowest BCUT2D eigenvalue weighted by Gasteiger charge is -2.09. The second-order valence-electron chi connectivity index (χ2n) is 6.08. The van der Waals surface area contributed by atoms with Gasteiger partial charge in [-0.1, -0.05) is 30.3 Å². The number of aryl methyl sites for hydroxylation is 1. The summed E-state index contributed by atoms with van der Waals surface area (Å²) < 4.78 is 40.4. The maximum atomic E-state index is 12.2. The summed E-state index contributed by atoms with van der Waals surface area (Å²) in [6, 6.07) is 15.3. The van der Waals surface area contributed by atoms with Crippen molar-refractivity contribution in [1.29, 1.82) is 0 Å². The van der Waals surface area contributed by atoms with Crippen LogP contribution < -0.4 is 15.4 Å². The van der Waals surface area contributed by atoms with Crippen LogP contribution in [0.5, 0.6) is 5.75 Å². The summed E-state index contributed by atoms with van der Waals surface area (Å²) >= 11 is 1.23. The minimum atomic E-state index is -4.73. The van der Waals surface area contributed by atoms with Crippen LogP contribution in [-0.4, -0.2) is 23.8 Å². The van der Waals surface area contributed by atoms with Crippen LogP contribution >= 0.6 is 11.3 Å². The number of anilines is 2. The summed E-state index contributed by atoms with van der Waals surface area (Å²) in [5, 5.41) is 7.86. The average Bonchev–Trinajstić information content (AvgIpc) is 3.15. The van der Waals surface area contributed by atoms with Crippen LogP contribution in [0, 0.1) is 0 Å². The van der Waals surface area contributed by atoms with Gasteiger partial charge in [-0.15, -0.1) is 24.5 Å². The number of halogens is 3. The number of nitrogens with one attached hydrogen (secondary N) is 2. The van der Waals surface area contributed by atoms with Gasteiger partial charge in [0.05, 0.1) is 0 Å². The normalized spacial score (nSPS) is 11.1. The molecule has 3 rings (SSSR count). The van der Waals surface area contributed by atoms with E-state index in [1.165, 1.54) is 41.2 Å². The van der Waals surface area contributed by atoms with E-state index in [-0.39, 0.29) is 17.4 Å². The predicted molar refractivity (Wildman–Crippen MR) is 106 cm³/mol. The van der Waals surface area contributed by atoms with Gasteiger partial charge in [0.1, 0.15) is 11.4 Å². The van der Waals surface area contributed by atoms with E-state index < -0.39 is 6.36 Å². The van der Waals surface area contributed by atoms with Crippen molar-refractivity contribution < 1.29 is 22.7 Å². The first kappa shape index (κ1) is 20.7. The van der Waals surface area contributed by atoms with Crippen LogP contribution in [0.3, 0.4) is 0 Å². The van der Waals surface area contributed by atoms with Crippen molar-refractivity contribution in [2.24, 2.45) is 0 Å². The van der Waals surface area contributed by atoms with Crippen LogP contribution in [0.1, 0.15) is 22.5 Å². The molecular weight excluding hydrogens is 403 g/mol. The molecule has 1 heterocycles. The fourth-order valence-corrected chi connectivity index (χ4v) is 3.24. The molecule has 29 heavy (non-hydrogen) atoms. The Morgan fingerprint density at radius 1 is 1.07 bits per heavy atom. The molecule has 0 spiro atoms. The first-order chi connectivity index (χ1) is 13.9. The van der Waals surface area contributed by atoms with Crippen molar-refractivity contribution in [3.63, 3.8) is 0 Å². The number of amides is 1. The van der Waals surface area contributed by atoms with Gasteiger partial charge in [-0.25, -0.2) is 4.98 Å². The lowest BCUT2D eigenvalue weighted by Crippen LogP contribution is -2.25. The third kappa shape index (κ3) is 6.79. The van der Waals surface area contributed by atoms with E-state index >= 15 is 0 Å². The standard InChI is InChI=1S/C20H18F3N3O2S/c21-20(22,23)28-16-10-8-15(9-11-16)25-19-26-17(13-29-19)18(27)24-12-4-7-14-5-2-1-3-6-14/h1-3,5-6,8-11,13H,4,7,12H2,(H,24,27)(H,25,26). The molecule has 0 unspecified atom stereocenters. The molecule has 1 amide bonds. The monoisotopic (exact) mass is 421 g/mol. The number of rotatable bonds is 8. The predicted octanol–water partition coefficient (Wildman–Crippen LogP) is 5.15. The molecule has 2 N–H and O–H groups in total. The summed E-state index contributed by atoms with van der Waals surface area (Å²) in [7, 11) is 0. The molecule has 9 heteroatoms. The van der Waals surface area contributed by atoms with E-state index in [0.717, 1.165) is 12.8 Å². The zero-order valence-electron chi connectivity index (χ0n) is 15.2. The van der Waals surface area contributed by atoms with Gasteiger partial charge in [-0.2, -0.15) is 0 Å². The molecule has 0 saturated carbocycles. The van der Waals surface area contributed by atoms with Gasteiger partial charge in [0, 0.05) is 17.6 Å². The number of carbonyl (C=O) groups excluding carboxylic acids is 1. The first-order valence-electron chi connectivity index (χ1n) is 8.79. The molecule has 0 aliphatic heterocycles. The highest BCUT2D eigenvalue weighted by Gasteiger charge is 2.30. The van der Waals surface area contributed by atoms with Crippen molar-refractivity contribution >= 4 is 28.1 Å². The van der Waals surface area contributed by atoms with Gasteiger partial charge in [-0.05, 0) is 42.7 Å². The molecule has 3 aromatic rings. The highest BCUT2D eigenvalue weighted by atomic mass is 32.1. The zero-order valence-corrected chi connectivity index (χ0v) is 16.0. The topological polar surface area (TPSA) is 63.2 Å². The van der Waals surface area contributed by atoms with E-state index in [4.69, 9.17) is 0 Å². The number of ether oxygens (including phenoxy) is 1. The van der Waals surface area contributed by atoms with E-state index in [0.29, 0.717) is 17.4 Å². The van der Waals surface area contributed by atoms with Crippen molar-refractivity contribution in [3.8, 4) is 5.75 Å². The maximum Gasteiger partial charge on any atom is 0.573 e. The van der Waals surface area contributed by atoms with Gasteiger partial charge in [-0.3, -0.25) is 4.79 Å². The molecule has 0 aliphatic rings. The van der Waals surface area contributed by atoms with E-state index in [9.17, 15) is 18.0 Å². The Labute approximate surface area is 169 Å². The van der Waals surface area contributed by atoms with E-state index in [1.807, 2.05) is 30.3 Å². The number of aromatic nitrogens is 1. The third-order valence-corrected chi connectivity index (χ3v) is 4.60. The third-order valence-electron chi connectivity index (χ3n) is 3.85. The lowest BCUT2D eigenvalue weighted by atomic mass is 10.1. The number of benzene rings is 2. The molecule has 0 radical (unpaired) electrons. The Kier molecular flexibility index (Phi) is 6.71. The maximum absolute atomic E-state index is 12.2. The quantitative estimate of drug-likeness (QED) is 0.494. The fraction of sp³-hybridized carbons (Fsp3) is 0.200. The lowest BCUT2D eigenvalue weighted by molar-refractivity contribution is -0.274. The Hall–Kier alpha value is -3.07. The molecule has 0 bridgehead atoms. The van der Waals surface area contributed by atoms with Gasteiger partial charge in [0.25, 0.3) is 5.91 Å². The van der Waals surface area contributed by atoms with Gasteiger partial charge >= 0.3 is 6.36 Å². The van der Waals surface area contributed by atoms with Crippen molar-refractivity contribution in [3.05, 3.63) is 71.2 Å². The number of alkyl halides is 3. The largest absolute Gasteiger partial charge is 0.573 e. The molecule has 1 aromatic heterocycles. The highest BCUT2D eigenvalue weighted by molar-refractivity contribution is 7.14. The summed E-state index contributed by atoms with van der Waals surface area (Å²) in [5.41, 5.74) is 2.03. The minimum absolute atomic E-state index is 0.267. The number of thiazole rings is 1. The van der Waals surface area contributed by atoms with Crippen LogP contribution in [-0.2, 0) is 6.42 Å². The van der Waals surface area contributed by atoms with E-state index in [2.05, 4.69) is 20.4 Å². The van der Waals surface area contributed by atoms with E-state index in [1.54, 1.807) is 5.38 Å². The number of hydrogen-bond acceptors (Lipinski definition) is 5. The number of hydrogen-bond donors (Lipinski definition) is 2. The number of carbonyl (C=O) groups is 1. The second-order valence-corrected chi connectivity index (χ2v) is 6.94. The Morgan fingerprint density at radius 2 is 1.79 bits per heavy atom. The van der Waals surface area contributed by atoms with Crippen molar-refractivity contribution in [2.75, 3.05) is 11.9 Å². The summed E-state index contributed by atoms with van der Waals surface area (Å²) in [6.45, 7) is 0.536. The van der Waals surface area contributed by atoms with Gasteiger partial charge in [0.15, 0.2) is 5.13 Å². The Bertz CT molecular complexity index is 928. The molecule has 0 atom stereocenters. The van der Waals surface area contributed by atoms with Crippen LogP contribution in [0.2, 0.25) is 0 Å². The molecule has 0 fully saturated rings. The summed E-state index contributed by atoms with van der Waals surface area (Å²) in [5.74, 6) is -0.575. The van der Waals surface area contributed by atoms with Crippen molar-refractivity contribution in [2.45, 2.75) is 19.2 Å². The summed E-state index contributed by atoms with van der Waals surface area (Å²) in [6.07, 6.45) is -3.04. The molecule has 2 aromatic carbocycles. The fourth-order valence-electron chi connectivity index (χ4n) is 2.53. The average molecular weight is 421 g/mol. The molecular formula is C20H18F3N3O2S. The molecule has 152 valence electrons. The summed E-state index contributed by atoms with van der Waals surface area (Å²) in [4.78, 5) is 16.4. The Morgan fingerprint density at radius 3 is 2.48 bits per heavy atom. The Balaban J connectivity index is 1.46. The molecule has 5 nitrogen and oxygen atoms in total. The van der Waals surface area contributed by atoms with Gasteiger partial charge < -0.3 is 15.4 Å². The van der Waals surface area contributed by atoms with Gasteiger partial charge in [0.2, 0.25) is 0 Å². The minimum Gasteiger partial charge on any atom is -0.406 e. The first-order valence-corrected chi connectivity index (χ1v) is 9.67. The van der Waals surface area contributed by atoms with Crippen LogP contribution in [0.4, 0.5) is 24.0 Å².